The lowest BCUT2D eigenvalue weighted by Gasteiger charge is -2.14. The van der Waals surface area contributed by atoms with Gasteiger partial charge in [0.05, 0.1) is 19.8 Å². The predicted molar refractivity (Wildman–Crippen MR) is 153 cm³/mol. The number of carbonyl (C=O) groups excluding carboxylic acids is 3. The van der Waals surface area contributed by atoms with E-state index in [2.05, 4.69) is 29.5 Å². The summed E-state index contributed by atoms with van der Waals surface area (Å²) >= 11 is 0. The summed E-state index contributed by atoms with van der Waals surface area (Å²) in [5.74, 6) is 0.192. The Balaban J connectivity index is 1.83. The average Bonchev–Trinajstić information content (AvgIpc) is 2.89. The zero-order valence-corrected chi connectivity index (χ0v) is 24.0. The SMILES string of the molecule is CCCN(C)CCCCCC(=O)CCCCOCCOCCC(=O)NCCCNC(=O)c1ccc(C)cc1. The van der Waals surface area contributed by atoms with Crippen LogP contribution in [0.5, 0.6) is 0 Å². The smallest absolute Gasteiger partial charge is 0.251 e. The average molecular weight is 534 g/mol. The monoisotopic (exact) mass is 533 g/mol. The summed E-state index contributed by atoms with van der Waals surface area (Å²) in [5, 5.41) is 5.69. The topological polar surface area (TPSA) is 97.0 Å². The molecule has 0 aliphatic heterocycles. The maximum Gasteiger partial charge on any atom is 0.251 e. The Hall–Kier alpha value is -2.29. The van der Waals surface area contributed by atoms with Gasteiger partial charge in [-0.2, -0.15) is 0 Å². The molecule has 0 fully saturated rings. The molecular weight excluding hydrogens is 482 g/mol. The second-order valence-corrected chi connectivity index (χ2v) is 9.91. The summed E-state index contributed by atoms with van der Waals surface area (Å²) in [4.78, 5) is 38.2. The van der Waals surface area contributed by atoms with Crippen LogP contribution in [-0.4, -0.2) is 82.2 Å². The fourth-order valence-corrected chi connectivity index (χ4v) is 3.93. The van der Waals surface area contributed by atoms with E-state index in [4.69, 9.17) is 9.47 Å². The quantitative estimate of drug-likeness (QED) is 0.192. The van der Waals surface area contributed by atoms with Crippen molar-refractivity contribution in [2.75, 3.05) is 59.7 Å². The highest BCUT2D eigenvalue weighted by Crippen LogP contribution is 2.07. The van der Waals surface area contributed by atoms with Gasteiger partial charge in [-0.25, -0.2) is 0 Å². The van der Waals surface area contributed by atoms with E-state index in [1.165, 1.54) is 12.8 Å². The number of Topliss-reactive ketones (excluding diaryl/α,β-unsaturated/α-hetero) is 1. The van der Waals surface area contributed by atoms with Gasteiger partial charge in [0.2, 0.25) is 5.91 Å². The molecule has 1 aromatic carbocycles. The van der Waals surface area contributed by atoms with Crippen LogP contribution in [0.3, 0.4) is 0 Å². The number of rotatable bonds is 24. The van der Waals surface area contributed by atoms with Gasteiger partial charge in [-0.15, -0.1) is 0 Å². The van der Waals surface area contributed by atoms with Crippen LogP contribution < -0.4 is 10.6 Å². The van der Waals surface area contributed by atoms with Gasteiger partial charge in [0.25, 0.3) is 5.91 Å². The lowest BCUT2D eigenvalue weighted by molar-refractivity contribution is -0.122. The van der Waals surface area contributed by atoms with E-state index in [0.29, 0.717) is 76.5 Å². The van der Waals surface area contributed by atoms with Crippen LogP contribution in [0.1, 0.15) is 87.1 Å². The first-order chi connectivity index (χ1) is 18.4. The molecule has 8 heteroatoms. The molecule has 0 radical (unpaired) electrons. The minimum Gasteiger partial charge on any atom is -0.379 e. The summed E-state index contributed by atoms with van der Waals surface area (Å²) < 4.78 is 11.0. The van der Waals surface area contributed by atoms with Crippen molar-refractivity contribution in [3.05, 3.63) is 35.4 Å². The molecule has 0 aliphatic carbocycles. The van der Waals surface area contributed by atoms with Crippen molar-refractivity contribution in [3.8, 4) is 0 Å². The third kappa shape index (κ3) is 18.9. The molecule has 0 heterocycles. The molecule has 0 saturated heterocycles. The van der Waals surface area contributed by atoms with Crippen molar-refractivity contribution in [2.24, 2.45) is 0 Å². The van der Waals surface area contributed by atoms with Gasteiger partial charge in [0, 0.05) is 44.5 Å². The fourth-order valence-electron chi connectivity index (χ4n) is 3.93. The maximum atomic E-state index is 12.0. The maximum absolute atomic E-state index is 12.0. The first kappa shape index (κ1) is 33.7. The Morgan fingerprint density at radius 3 is 2.11 bits per heavy atom. The number of ether oxygens (including phenoxy) is 2. The van der Waals surface area contributed by atoms with E-state index >= 15 is 0 Å². The molecular formula is C30H51N3O5. The van der Waals surface area contributed by atoms with Crippen molar-refractivity contribution in [1.82, 2.24) is 15.5 Å². The molecule has 0 atom stereocenters. The Bertz CT molecular complexity index is 770. The van der Waals surface area contributed by atoms with Gasteiger partial charge >= 0.3 is 0 Å². The zero-order valence-electron chi connectivity index (χ0n) is 24.0. The standard InChI is InChI=1S/C30H51N3O5/c1-4-20-33(3)21-8-5-6-11-28(34)12-7-9-22-37-24-25-38-23-17-29(35)31-18-10-19-32-30(36)27-15-13-26(2)14-16-27/h13-16H,4-12,17-25H2,1-3H3,(H,31,35)(H,32,36). The van der Waals surface area contributed by atoms with Gasteiger partial charge in [0.15, 0.2) is 0 Å². The zero-order chi connectivity index (χ0) is 27.8. The van der Waals surface area contributed by atoms with Gasteiger partial charge in [-0.1, -0.05) is 31.0 Å². The minimum atomic E-state index is -0.104. The lowest BCUT2D eigenvalue weighted by atomic mass is 10.1. The number of amides is 2. The fraction of sp³-hybridized carbons (Fsp3) is 0.700. The van der Waals surface area contributed by atoms with Gasteiger partial charge in [0.1, 0.15) is 5.78 Å². The van der Waals surface area contributed by atoms with Crippen LogP contribution in [0, 0.1) is 6.92 Å². The third-order valence-electron chi connectivity index (χ3n) is 6.22. The number of hydrogen-bond acceptors (Lipinski definition) is 6. The van der Waals surface area contributed by atoms with Gasteiger partial charge < -0.3 is 25.0 Å². The van der Waals surface area contributed by atoms with E-state index in [9.17, 15) is 14.4 Å². The van der Waals surface area contributed by atoms with E-state index < -0.39 is 0 Å². The number of nitrogens with one attached hydrogen (secondary N) is 2. The van der Waals surface area contributed by atoms with Crippen molar-refractivity contribution < 1.29 is 23.9 Å². The highest BCUT2D eigenvalue weighted by molar-refractivity contribution is 5.94. The van der Waals surface area contributed by atoms with Crippen molar-refractivity contribution in [3.63, 3.8) is 0 Å². The number of hydrogen-bond donors (Lipinski definition) is 2. The molecule has 1 rings (SSSR count). The molecule has 2 N–H and O–H groups in total. The van der Waals surface area contributed by atoms with E-state index in [-0.39, 0.29) is 11.8 Å². The summed E-state index contributed by atoms with van der Waals surface area (Å²) in [5.41, 5.74) is 1.75. The number of benzene rings is 1. The van der Waals surface area contributed by atoms with E-state index in [1.807, 2.05) is 19.1 Å². The molecule has 2 amide bonds. The van der Waals surface area contributed by atoms with Crippen molar-refractivity contribution in [1.29, 1.82) is 0 Å². The van der Waals surface area contributed by atoms with E-state index in [0.717, 1.165) is 44.3 Å². The van der Waals surface area contributed by atoms with Gasteiger partial charge in [-0.3, -0.25) is 14.4 Å². The normalized spacial score (nSPS) is 11.1. The second kappa shape index (κ2) is 22.7. The van der Waals surface area contributed by atoms with Crippen LogP contribution in [0.2, 0.25) is 0 Å². The van der Waals surface area contributed by atoms with Gasteiger partial charge in [-0.05, 0) is 77.7 Å². The highest BCUT2D eigenvalue weighted by atomic mass is 16.5. The van der Waals surface area contributed by atoms with Crippen LogP contribution >= 0.6 is 0 Å². The summed E-state index contributed by atoms with van der Waals surface area (Å²) in [6, 6.07) is 7.42. The highest BCUT2D eigenvalue weighted by Gasteiger charge is 2.05. The summed E-state index contributed by atoms with van der Waals surface area (Å²) in [6.45, 7) is 9.37. The molecule has 0 unspecified atom stereocenters. The number of aryl methyl sites for hydroxylation is 1. The Morgan fingerprint density at radius 1 is 0.737 bits per heavy atom. The lowest BCUT2D eigenvalue weighted by Crippen LogP contribution is -2.30. The Morgan fingerprint density at radius 2 is 1.39 bits per heavy atom. The molecule has 1 aromatic rings. The molecule has 0 spiro atoms. The molecule has 0 aliphatic rings. The summed E-state index contributed by atoms with van der Waals surface area (Å²) in [6.07, 6.45) is 8.53. The molecule has 0 bridgehead atoms. The largest absolute Gasteiger partial charge is 0.379 e. The Labute approximate surface area is 230 Å². The third-order valence-corrected chi connectivity index (χ3v) is 6.22. The number of unbranched alkanes of at least 4 members (excludes halogenated alkanes) is 3. The second-order valence-electron chi connectivity index (χ2n) is 9.91. The van der Waals surface area contributed by atoms with Crippen LogP contribution in [0.4, 0.5) is 0 Å². The first-order valence-corrected chi connectivity index (χ1v) is 14.4. The molecule has 8 nitrogen and oxygen atoms in total. The first-order valence-electron chi connectivity index (χ1n) is 14.4. The predicted octanol–water partition coefficient (Wildman–Crippen LogP) is 4.30. The minimum absolute atomic E-state index is 0.0655. The van der Waals surface area contributed by atoms with Crippen molar-refractivity contribution >= 4 is 17.6 Å². The van der Waals surface area contributed by atoms with Crippen LogP contribution in [0.25, 0.3) is 0 Å². The Kier molecular flexibility index (Phi) is 20.1. The molecule has 0 saturated carbocycles. The van der Waals surface area contributed by atoms with Crippen molar-refractivity contribution in [2.45, 2.75) is 78.1 Å². The number of ketones is 1. The number of nitrogens with zero attached hydrogens (tertiary/aromatic N) is 1. The molecule has 0 aromatic heterocycles. The number of carbonyl (C=O) groups is 3. The molecule has 216 valence electrons. The van der Waals surface area contributed by atoms with E-state index in [1.54, 1.807) is 12.1 Å². The van der Waals surface area contributed by atoms with Crippen LogP contribution in [0.15, 0.2) is 24.3 Å². The van der Waals surface area contributed by atoms with Crippen LogP contribution in [-0.2, 0) is 19.1 Å². The summed E-state index contributed by atoms with van der Waals surface area (Å²) in [7, 11) is 2.16. The molecule has 38 heavy (non-hydrogen) atoms.